The molecule has 2 fully saturated rings. The molecule has 162 valence electrons. The minimum absolute atomic E-state index is 0.167. The number of carbonyl (C=O) groups excluding carboxylic acids is 2. The van der Waals surface area contributed by atoms with Gasteiger partial charge in [0.1, 0.15) is 0 Å². The third-order valence-electron chi connectivity index (χ3n) is 5.77. The van der Waals surface area contributed by atoms with E-state index in [2.05, 4.69) is 22.2 Å². The monoisotopic (exact) mass is 438 g/mol. The molecule has 2 amide bonds. The molecular formula is C24H27ClN4O2. The lowest BCUT2D eigenvalue weighted by atomic mass is 10.1. The van der Waals surface area contributed by atoms with Crippen LogP contribution in [0.4, 0.5) is 17.1 Å². The molecule has 2 saturated heterocycles. The Labute approximate surface area is 188 Å². The van der Waals surface area contributed by atoms with Crippen LogP contribution >= 0.6 is 11.6 Å². The number of amides is 2. The fourth-order valence-electron chi connectivity index (χ4n) is 3.96. The van der Waals surface area contributed by atoms with Gasteiger partial charge in [-0.15, -0.1) is 0 Å². The first-order valence-corrected chi connectivity index (χ1v) is 11.0. The smallest absolute Gasteiger partial charge is 0.248 e. The van der Waals surface area contributed by atoms with Crippen molar-refractivity contribution < 1.29 is 9.59 Å². The lowest BCUT2D eigenvalue weighted by Gasteiger charge is -2.35. The van der Waals surface area contributed by atoms with Gasteiger partial charge in [0.15, 0.2) is 0 Å². The minimum Gasteiger partial charge on any atom is -0.367 e. The number of hydrogen-bond donors (Lipinski definition) is 1. The molecule has 2 aromatic rings. The molecule has 6 nitrogen and oxygen atoms in total. The van der Waals surface area contributed by atoms with Gasteiger partial charge in [-0.1, -0.05) is 23.7 Å². The second-order valence-corrected chi connectivity index (χ2v) is 8.45. The molecule has 0 saturated carbocycles. The zero-order valence-corrected chi connectivity index (χ0v) is 18.4. The average molecular weight is 439 g/mol. The van der Waals surface area contributed by atoms with Gasteiger partial charge in [0.25, 0.3) is 0 Å². The van der Waals surface area contributed by atoms with Crippen LogP contribution in [0.5, 0.6) is 0 Å². The van der Waals surface area contributed by atoms with E-state index >= 15 is 0 Å². The van der Waals surface area contributed by atoms with E-state index in [9.17, 15) is 9.59 Å². The first kappa shape index (κ1) is 21.4. The molecule has 2 aliphatic rings. The van der Waals surface area contributed by atoms with Gasteiger partial charge in [-0.2, -0.15) is 0 Å². The van der Waals surface area contributed by atoms with E-state index in [4.69, 9.17) is 11.6 Å². The Morgan fingerprint density at radius 2 is 1.77 bits per heavy atom. The first-order valence-electron chi connectivity index (χ1n) is 10.6. The molecule has 31 heavy (non-hydrogen) atoms. The minimum atomic E-state index is -0.212. The number of nitrogens with one attached hydrogen (secondary N) is 1. The van der Waals surface area contributed by atoms with Crippen molar-refractivity contribution in [3.63, 3.8) is 0 Å². The number of hydrogen-bond acceptors (Lipinski definition) is 4. The molecule has 0 radical (unpaired) electrons. The van der Waals surface area contributed by atoms with Gasteiger partial charge < -0.3 is 20.0 Å². The highest BCUT2D eigenvalue weighted by Crippen LogP contribution is 2.30. The van der Waals surface area contributed by atoms with Crippen LogP contribution in [0.2, 0.25) is 5.02 Å². The number of anilines is 3. The van der Waals surface area contributed by atoms with E-state index in [1.807, 2.05) is 36.4 Å². The molecule has 2 aliphatic heterocycles. The predicted molar refractivity (Wildman–Crippen MR) is 127 cm³/mol. The van der Waals surface area contributed by atoms with Crippen LogP contribution in [0.15, 0.2) is 48.5 Å². The largest absolute Gasteiger partial charge is 0.367 e. The second-order valence-electron chi connectivity index (χ2n) is 8.01. The van der Waals surface area contributed by atoms with Crippen molar-refractivity contribution in [2.45, 2.75) is 12.8 Å². The number of carbonyl (C=O) groups is 2. The van der Waals surface area contributed by atoms with Crippen LogP contribution in [-0.4, -0.2) is 56.5 Å². The number of benzene rings is 2. The standard InChI is InChI=1S/C24H27ClN4O2/c1-27-13-15-28(16-14-27)22-10-7-19(25)17-21(22)26-23(30)11-6-18-4-8-20(9-5-18)29-12-2-3-24(29)31/h4-11,17H,2-3,12-16H2,1H3,(H,26,30)/b11-6+. The summed E-state index contributed by atoms with van der Waals surface area (Å²) in [6, 6.07) is 13.3. The summed E-state index contributed by atoms with van der Waals surface area (Å²) in [7, 11) is 2.11. The van der Waals surface area contributed by atoms with Gasteiger partial charge in [-0.05, 0) is 55.4 Å². The third kappa shape index (κ3) is 5.27. The molecule has 2 aromatic carbocycles. The van der Waals surface area contributed by atoms with Crippen molar-refractivity contribution in [2.24, 2.45) is 0 Å². The predicted octanol–water partition coefficient (Wildman–Crippen LogP) is 3.87. The van der Waals surface area contributed by atoms with Crippen molar-refractivity contribution in [1.82, 2.24) is 4.90 Å². The number of piperazine rings is 1. The summed E-state index contributed by atoms with van der Waals surface area (Å²) >= 11 is 6.19. The summed E-state index contributed by atoms with van der Waals surface area (Å²) in [4.78, 5) is 30.8. The van der Waals surface area contributed by atoms with Crippen LogP contribution < -0.4 is 15.1 Å². The lowest BCUT2D eigenvalue weighted by molar-refractivity contribution is -0.117. The van der Waals surface area contributed by atoms with Crippen LogP contribution in [0.1, 0.15) is 18.4 Å². The molecular weight excluding hydrogens is 412 g/mol. The van der Waals surface area contributed by atoms with Crippen LogP contribution in [0.25, 0.3) is 6.08 Å². The Balaban J connectivity index is 1.42. The van der Waals surface area contributed by atoms with E-state index in [1.54, 1.807) is 17.0 Å². The highest BCUT2D eigenvalue weighted by molar-refractivity contribution is 6.31. The second kappa shape index (κ2) is 9.54. The van der Waals surface area contributed by atoms with Crippen molar-refractivity contribution in [3.8, 4) is 0 Å². The highest BCUT2D eigenvalue weighted by Gasteiger charge is 2.21. The molecule has 0 bridgehead atoms. The number of likely N-dealkylation sites (N-methyl/N-ethyl adjacent to an activating group) is 1. The van der Waals surface area contributed by atoms with Crippen molar-refractivity contribution in [2.75, 3.05) is 54.9 Å². The number of rotatable bonds is 5. The molecule has 0 aromatic heterocycles. The zero-order chi connectivity index (χ0) is 21.8. The topological polar surface area (TPSA) is 55.9 Å². The molecule has 0 spiro atoms. The summed E-state index contributed by atoms with van der Waals surface area (Å²) in [6.07, 6.45) is 4.80. The number of nitrogens with zero attached hydrogens (tertiary/aromatic N) is 3. The number of halogens is 1. The van der Waals surface area contributed by atoms with Crippen LogP contribution in [0, 0.1) is 0 Å². The highest BCUT2D eigenvalue weighted by atomic mass is 35.5. The summed E-state index contributed by atoms with van der Waals surface area (Å²) < 4.78 is 0. The van der Waals surface area contributed by atoms with Gasteiger partial charge in [-0.3, -0.25) is 9.59 Å². The zero-order valence-electron chi connectivity index (χ0n) is 17.7. The quantitative estimate of drug-likeness (QED) is 0.720. The molecule has 0 atom stereocenters. The Bertz CT molecular complexity index is 982. The molecule has 0 unspecified atom stereocenters. The van der Waals surface area contributed by atoms with Crippen LogP contribution in [-0.2, 0) is 9.59 Å². The van der Waals surface area contributed by atoms with E-state index in [0.717, 1.165) is 61.8 Å². The Morgan fingerprint density at radius 1 is 1.03 bits per heavy atom. The van der Waals surface area contributed by atoms with E-state index in [-0.39, 0.29) is 11.8 Å². The fourth-order valence-corrected chi connectivity index (χ4v) is 4.14. The lowest BCUT2D eigenvalue weighted by Crippen LogP contribution is -2.44. The summed E-state index contributed by atoms with van der Waals surface area (Å²) in [5.74, 6) is -0.0446. The molecule has 0 aliphatic carbocycles. The maximum absolute atomic E-state index is 12.6. The Morgan fingerprint density at radius 3 is 2.45 bits per heavy atom. The van der Waals surface area contributed by atoms with Gasteiger partial charge in [0, 0.05) is 55.9 Å². The Hall–Kier alpha value is -2.83. The maximum atomic E-state index is 12.6. The molecule has 1 N–H and O–H groups in total. The van der Waals surface area contributed by atoms with Crippen molar-refractivity contribution >= 4 is 46.6 Å². The van der Waals surface area contributed by atoms with E-state index in [1.165, 1.54) is 6.08 Å². The summed E-state index contributed by atoms with van der Waals surface area (Å²) in [5.41, 5.74) is 3.50. The third-order valence-corrected chi connectivity index (χ3v) is 6.00. The molecule has 7 heteroatoms. The van der Waals surface area contributed by atoms with Crippen molar-refractivity contribution in [1.29, 1.82) is 0 Å². The van der Waals surface area contributed by atoms with Crippen LogP contribution in [0.3, 0.4) is 0 Å². The summed E-state index contributed by atoms with van der Waals surface area (Å²) in [5, 5.41) is 3.56. The average Bonchev–Trinajstić information content (AvgIpc) is 3.19. The van der Waals surface area contributed by atoms with Crippen molar-refractivity contribution in [3.05, 3.63) is 59.1 Å². The maximum Gasteiger partial charge on any atom is 0.248 e. The first-order chi connectivity index (χ1) is 15.0. The van der Waals surface area contributed by atoms with Gasteiger partial charge in [-0.25, -0.2) is 0 Å². The van der Waals surface area contributed by atoms with Gasteiger partial charge >= 0.3 is 0 Å². The summed E-state index contributed by atoms with van der Waals surface area (Å²) in [6.45, 7) is 4.54. The SMILES string of the molecule is CN1CCN(c2ccc(Cl)cc2NC(=O)/C=C/c2ccc(N3CCCC3=O)cc2)CC1. The van der Waals surface area contributed by atoms with E-state index in [0.29, 0.717) is 11.4 Å². The van der Waals surface area contributed by atoms with Gasteiger partial charge in [0.2, 0.25) is 11.8 Å². The normalized spacial score (nSPS) is 17.5. The van der Waals surface area contributed by atoms with E-state index < -0.39 is 0 Å². The molecule has 2 heterocycles. The molecule has 4 rings (SSSR count). The van der Waals surface area contributed by atoms with Gasteiger partial charge in [0.05, 0.1) is 11.4 Å². The Kier molecular flexibility index (Phi) is 6.59. The fraction of sp³-hybridized carbons (Fsp3) is 0.333.